The van der Waals surface area contributed by atoms with Crippen LogP contribution in [-0.4, -0.2) is 15.7 Å². The summed E-state index contributed by atoms with van der Waals surface area (Å²) in [6, 6.07) is 0.0335. The third-order valence-electron chi connectivity index (χ3n) is 1.94. The number of hydrogen-bond donors (Lipinski definition) is 1. The first-order chi connectivity index (χ1) is 6.00. The lowest BCUT2D eigenvalue weighted by Gasteiger charge is -2.10. The fourth-order valence-corrected chi connectivity index (χ4v) is 1.43. The largest absolute Gasteiger partial charge is 0.350 e. The average Bonchev–Trinajstić information content (AvgIpc) is 2.28. The van der Waals surface area contributed by atoms with Crippen molar-refractivity contribution in [3.8, 4) is 0 Å². The van der Waals surface area contributed by atoms with Crippen LogP contribution in [-0.2, 0) is 11.8 Å². The van der Waals surface area contributed by atoms with Gasteiger partial charge in [0, 0.05) is 25.7 Å². The van der Waals surface area contributed by atoms with E-state index >= 15 is 0 Å². The summed E-state index contributed by atoms with van der Waals surface area (Å²) in [7, 11) is 1.87. The van der Waals surface area contributed by atoms with Crippen LogP contribution in [0.3, 0.4) is 0 Å². The van der Waals surface area contributed by atoms with Crippen LogP contribution in [0.15, 0.2) is 6.20 Å². The molecule has 1 aromatic rings. The van der Waals surface area contributed by atoms with Gasteiger partial charge in [-0.2, -0.15) is 5.10 Å². The molecule has 0 bridgehead atoms. The normalized spacial score (nSPS) is 12.6. The minimum absolute atomic E-state index is 0.0178. The van der Waals surface area contributed by atoms with E-state index in [4.69, 9.17) is 0 Å². The molecule has 0 aromatic carbocycles. The molecular weight excluding hydrogens is 166 g/mol. The van der Waals surface area contributed by atoms with Crippen molar-refractivity contribution in [1.82, 2.24) is 15.1 Å². The number of nitrogens with one attached hydrogen (secondary N) is 1. The third-order valence-corrected chi connectivity index (χ3v) is 1.94. The van der Waals surface area contributed by atoms with E-state index in [1.54, 1.807) is 4.68 Å². The Morgan fingerprint density at radius 2 is 2.31 bits per heavy atom. The molecule has 13 heavy (non-hydrogen) atoms. The zero-order valence-corrected chi connectivity index (χ0v) is 8.46. The van der Waals surface area contributed by atoms with Gasteiger partial charge >= 0.3 is 0 Å². The summed E-state index contributed by atoms with van der Waals surface area (Å²) in [5.41, 5.74) is 2.03. The maximum atomic E-state index is 10.8. The quantitative estimate of drug-likeness (QED) is 0.737. The van der Waals surface area contributed by atoms with Crippen LogP contribution < -0.4 is 5.32 Å². The minimum atomic E-state index is -0.0178. The van der Waals surface area contributed by atoms with E-state index in [-0.39, 0.29) is 11.9 Å². The van der Waals surface area contributed by atoms with Gasteiger partial charge in [-0.05, 0) is 13.8 Å². The summed E-state index contributed by atoms with van der Waals surface area (Å²) < 4.78 is 1.75. The van der Waals surface area contributed by atoms with Gasteiger partial charge in [-0.15, -0.1) is 0 Å². The Hall–Kier alpha value is -1.32. The molecule has 0 aliphatic carbocycles. The van der Waals surface area contributed by atoms with Gasteiger partial charge in [0.2, 0.25) is 5.91 Å². The maximum absolute atomic E-state index is 10.8. The van der Waals surface area contributed by atoms with Crippen molar-refractivity contribution >= 4 is 5.91 Å². The Labute approximate surface area is 77.9 Å². The van der Waals surface area contributed by atoms with Gasteiger partial charge in [0.05, 0.1) is 11.7 Å². The second kappa shape index (κ2) is 3.60. The lowest BCUT2D eigenvalue weighted by Crippen LogP contribution is -2.23. The van der Waals surface area contributed by atoms with Crippen molar-refractivity contribution in [2.24, 2.45) is 7.05 Å². The molecule has 1 N–H and O–H groups in total. The van der Waals surface area contributed by atoms with Crippen molar-refractivity contribution < 1.29 is 4.79 Å². The highest BCUT2D eigenvalue weighted by atomic mass is 16.1. The lowest BCUT2D eigenvalue weighted by molar-refractivity contribution is -0.119. The molecule has 4 heteroatoms. The molecule has 0 aliphatic heterocycles. The monoisotopic (exact) mass is 181 g/mol. The van der Waals surface area contributed by atoms with Crippen molar-refractivity contribution in [2.75, 3.05) is 0 Å². The average molecular weight is 181 g/mol. The molecule has 1 amide bonds. The number of aromatic nitrogens is 2. The number of carbonyl (C=O) groups excluding carboxylic acids is 1. The Kier molecular flexibility index (Phi) is 2.70. The molecule has 0 saturated heterocycles. The summed E-state index contributed by atoms with van der Waals surface area (Å²) in [6.45, 7) is 5.40. The predicted octanol–water partition coefficient (Wildman–Crippen LogP) is 0.926. The van der Waals surface area contributed by atoms with E-state index in [0.29, 0.717) is 0 Å². The van der Waals surface area contributed by atoms with Crippen LogP contribution in [0.1, 0.15) is 31.1 Å². The van der Waals surface area contributed by atoms with Crippen LogP contribution in [0.5, 0.6) is 0 Å². The van der Waals surface area contributed by atoms with Gasteiger partial charge < -0.3 is 5.32 Å². The standard InChI is InChI=1S/C9H15N3O/c1-6(10-8(3)13)9-5-12(4)11-7(9)2/h5-6H,1-4H3,(H,10,13)/t6-/m0/s1. The summed E-state index contributed by atoms with van der Waals surface area (Å²) in [6.07, 6.45) is 1.93. The number of carbonyl (C=O) groups is 1. The molecular formula is C9H15N3O. The van der Waals surface area contributed by atoms with Gasteiger partial charge in [0.15, 0.2) is 0 Å². The van der Waals surface area contributed by atoms with Gasteiger partial charge in [-0.1, -0.05) is 0 Å². The molecule has 0 spiro atoms. The number of amides is 1. The maximum Gasteiger partial charge on any atom is 0.217 e. The van der Waals surface area contributed by atoms with Crippen LogP contribution in [0, 0.1) is 6.92 Å². The molecule has 0 radical (unpaired) electrons. The van der Waals surface area contributed by atoms with Crippen LogP contribution in [0.2, 0.25) is 0 Å². The molecule has 4 nitrogen and oxygen atoms in total. The van der Waals surface area contributed by atoms with Crippen molar-refractivity contribution in [1.29, 1.82) is 0 Å². The zero-order valence-electron chi connectivity index (χ0n) is 8.46. The molecule has 0 saturated carbocycles. The second-order valence-electron chi connectivity index (χ2n) is 3.27. The smallest absolute Gasteiger partial charge is 0.217 e. The first-order valence-corrected chi connectivity index (χ1v) is 4.28. The lowest BCUT2D eigenvalue weighted by atomic mass is 10.1. The molecule has 1 atom stereocenters. The molecule has 72 valence electrons. The van der Waals surface area contributed by atoms with Gasteiger partial charge in [-0.3, -0.25) is 9.48 Å². The fourth-order valence-electron chi connectivity index (χ4n) is 1.43. The summed E-state index contributed by atoms with van der Waals surface area (Å²) >= 11 is 0. The van der Waals surface area contributed by atoms with E-state index in [2.05, 4.69) is 10.4 Å². The summed E-state index contributed by atoms with van der Waals surface area (Å²) in [5.74, 6) is -0.0178. The van der Waals surface area contributed by atoms with Crippen molar-refractivity contribution in [3.05, 3.63) is 17.5 Å². The number of rotatable bonds is 2. The van der Waals surface area contributed by atoms with E-state index in [0.717, 1.165) is 11.3 Å². The first-order valence-electron chi connectivity index (χ1n) is 4.28. The topological polar surface area (TPSA) is 46.9 Å². The number of aryl methyl sites for hydroxylation is 2. The van der Waals surface area contributed by atoms with Gasteiger partial charge in [-0.25, -0.2) is 0 Å². The second-order valence-corrected chi connectivity index (χ2v) is 3.27. The Bertz CT molecular complexity index is 317. The van der Waals surface area contributed by atoms with Crippen LogP contribution in [0.25, 0.3) is 0 Å². The Morgan fingerprint density at radius 3 is 2.69 bits per heavy atom. The van der Waals surface area contributed by atoms with Crippen LogP contribution >= 0.6 is 0 Å². The highest BCUT2D eigenvalue weighted by Gasteiger charge is 2.11. The van der Waals surface area contributed by atoms with E-state index in [1.807, 2.05) is 27.1 Å². The molecule has 0 fully saturated rings. The molecule has 1 rings (SSSR count). The highest BCUT2D eigenvalue weighted by molar-refractivity contribution is 5.73. The molecule has 0 aliphatic rings. The summed E-state index contributed by atoms with van der Waals surface area (Å²) in [4.78, 5) is 10.8. The van der Waals surface area contributed by atoms with E-state index in [9.17, 15) is 4.79 Å². The Balaban J connectivity index is 2.81. The van der Waals surface area contributed by atoms with Gasteiger partial charge in [0.25, 0.3) is 0 Å². The van der Waals surface area contributed by atoms with E-state index in [1.165, 1.54) is 6.92 Å². The molecule has 0 unspecified atom stereocenters. The van der Waals surface area contributed by atoms with Crippen LogP contribution in [0.4, 0.5) is 0 Å². The van der Waals surface area contributed by atoms with Crippen molar-refractivity contribution in [3.63, 3.8) is 0 Å². The third kappa shape index (κ3) is 2.31. The van der Waals surface area contributed by atoms with Crippen molar-refractivity contribution in [2.45, 2.75) is 26.8 Å². The SMILES string of the molecule is CC(=O)N[C@@H](C)c1cn(C)nc1C. The van der Waals surface area contributed by atoms with E-state index < -0.39 is 0 Å². The molecule has 1 aromatic heterocycles. The first kappa shape index (κ1) is 9.77. The highest BCUT2D eigenvalue weighted by Crippen LogP contribution is 2.14. The zero-order chi connectivity index (χ0) is 10.0. The Morgan fingerprint density at radius 1 is 1.69 bits per heavy atom. The fraction of sp³-hybridized carbons (Fsp3) is 0.556. The summed E-state index contributed by atoms with van der Waals surface area (Å²) in [5, 5.41) is 7.03. The van der Waals surface area contributed by atoms with Gasteiger partial charge in [0.1, 0.15) is 0 Å². The number of hydrogen-bond acceptors (Lipinski definition) is 2. The predicted molar refractivity (Wildman–Crippen MR) is 50.2 cm³/mol. The minimum Gasteiger partial charge on any atom is -0.350 e. The number of nitrogens with zero attached hydrogens (tertiary/aromatic N) is 2. The molecule has 1 heterocycles.